The van der Waals surface area contributed by atoms with E-state index in [4.69, 9.17) is 9.84 Å². The van der Waals surface area contributed by atoms with Crippen molar-refractivity contribution in [3.8, 4) is 0 Å². The summed E-state index contributed by atoms with van der Waals surface area (Å²) in [5.74, 6) is -0.242. The van der Waals surface area contributed by atoms with E-state index < -0.39 is 5.97 Å². The second-order valence-corrected chi connectivity index (χ2v) is 6.75. The molecule has 9 nitrogen and oxygen atoms in total. The summed E-state index contributed by atoms with van der Waals surface area (Å²) in [5, 5.41) is 13.2. The van der Waals surface area contributed by atoms with Crippen molar-refractivity contribution in [2.24, 2.45) is 0 Å². The molecule has 0 radical (unpaired) electrons. The number of hydrogen-bond donors (Lipinski definition) is 2. The van der Waals surface area contributed by atoms with Crippen molar-refractivity contribution >= 4 is 22.9 Å². The molecule has 28 heavy (non-hydrogen) atoms. The van der Waals surface area contributed by atoms with Crippen LogP contribution in [0.5, 0.6) is 0 Å². The predicted octanol–water partition coefficient (Wildman–Crippen LogP) is 1.34. The molecule has 3 heterocycles. The first kappa shape index (κ1) is 18.2. The van der Waals surface area contributed by atoms with Crippen LogP contribution in [0.1, 0.15) is 23.6 Å². The Balaban J connectivity index is 1.29. The number of fused-ring (bicyclic) bond motifs is 2. The van der Waals surface area contributed by atoms with Gasteiger partial charge in [-0.05, 0) is 18.2 Å². The summed E-state index contributed by atoms with van der Waals surface area (Å²) in [6.45, 7) is 1.83. The van der Waals surface area contributed by atoms with Gasteiger partial charge in [0.2, 0.25) is 5.91 Å². The Bertz CT molecular complexity index is 976. The van der Waals surface area contributed by atoms with Gasteiger partial charge in [0.25, 0.3) is 0 Å². The van der Waals surface area contributed by atoms with E-state index in [1.165, 1.54) is 0 Å². The Hall–Kier alpha value is -3.20. The van der Waals surface area contributed by atoms with E-state index in [1.807, 2.05) is 35.0 Å². The van der Waals surface area contributed by atoms with Crippen LogP contribution in [0.2, 0.25) is 0 Å². The van der Waals surface area contributed by atoms with Crippen LogP contribution in [0.25, 0.3) is 11.0 Å². The van der Waals surface area contributed by atoms with Crippen molar-refractivity contribution in [2.75, 3.05) is 13.2 Å². The summed E-state index contributed by atoms with van der Waals surface area (Å²) >= 11 is 0. The van der Waals surface area contributed by atoms with Crippen molar-refractivity contribution in [3.05, 3.63) is 47.5 Å². The molecule has 0 saturated carbocycles. The second kappa shape index (κ2) is 7.81. The van der Waals surface area contributed by atoms with Crippen molar-refractivity contribution in [1.29, 1.82) is 0 Å². The topological polar surface area (TPSA) is 113 Å². The van der Waals surface area contributed by atoms with E-state index in [0.717, 1.165) is 22.4 Å². The van der Waals surface area contributed by atoms with E-state index in [2.05, 4.69) is 15.1 Å². The molecule has 146 valence electrons. The fourth-order valence-corrected chi connectivity index (χ4v) is 3.30. The molecule has 2 aromatic heterocycles. The van der Waals surface area contributed by atoms with Gasteiger partial charge in [0.15, 0.2) is 0 Å². The number of aliphatic carboxylic acids is 1. The molecule has 0 saturated heterocycles. The molecule has 9 heteroatoms. The minimum absolute atomic E-state index is 0.0168. The zero-order valence-corrected chi connectivity index (χ0v) is 15.3. The van der Waals surface area contributed by atoms with Gasteiger partial charge >= 0.3 is 5.97 Å². The van der Waals surface area contributed by atoms with Crippen molar-refractivity contribution < 1.29 is 19.4 Å². The largest absolute Gasteiger partial charge is 0.481 e. The highest BCUT2D eigenvalue weighted by Gasteiger charge is 2.22. The number of nitrogens with zero attached hydrogens (tertiary/aromatic N) is 4. The fourth-order valence-electron chi connectivity index (χ4n) is 3.30. The molecular formula is C19H21N5O4. The average Bonchev–Trinajstić information content (AvgIpc) is 3.28. The Morgan fingerprint density at radius 2 is 2.11 bits per heavy atom. The van der Waals surface area contributed by atoms with Crippen LogP contribution in [0.3, 0.4) is 0 Å². The molecule has 0 spiro atoms. The number of ether oxygens (including phenoxy) is 1. The zero-order valence-electron chi connectivity index (χ0n) is 15.3. The Morgan fingerprint density at radius 3 is 2.93 bits per heavy atom. The van der Waals surface area contributed by atoms with Crippen LogP contribution >= 0.6 is 0 Å². The van der Waals surface area contributed by atoms with Crippen LogP contribution < -0.4 is 0 Å². The third-order valence-electron chi connectivity index (χ3n) is 4.70. The first-order chi connectivity index (χ1) is 13.6. The summed E-state index contributed by atoms with van der Waals surface area (Å²) in [4.78, 5) is 32.5. The van der Waals surface area contributed by atoms with Crippen LogP contribution in [-0.2, 0) is 40.4 Å². The maximum Gasteiger partial charge on any atom is 0.303 e. The highest BCUT2D eigenvalue weighted by atomic mass is 16.5. The number of rotatable bonds is 7. The lowest BCUT2D eigenvalue weighted by Gasteiger charge is -2.27. The summed E-state index contributed by atoms with van der Waals surface area (Å²) in [6, 6.07) is 9.59. The van der Waals surface area contributed by atoms with Gasteiger partial charge in [-0.2, -0.15) is 5.10 Å². The number of aryl methyl sites for hydroxylation is 1. The van der Waals surface area contributed by atoms with Crippen molar-refractivity contribution in [1.82, 2.24) is 24.6 Å². The first-order valence-electron chi connectivity index (χ1n) is 9.15. The van der Waals surface area contributed by atoms with Gasteiger partial charge in [-0.3, -0.25) is 14.3 Å². The van der Waals surface area contributed by atoms with Crippen molar-refractivity contribution in [3.63, 3.8) is 0 Å². The maximum absolute atomic E-state index is 12.5. The minimum Gasteiger partial charge on any atom is -0.481 e. The van der Waals surface area contributed by atoms with E-state index in [-0.39, 0.29) is 25.5 Å². The number of hydrogen-bond acceptors (Lipinski definition) is 5. The summed E-state index contributed by atoms with van der Waals surface area (Å²) in [5.41, 5.74) is 3.47. The van der Waals surface area contributed by atoms with E-state index in [1.54, 1.807) is 4.90 Å². The number of H-pyrrole nitrogens is 1. The molecule has 0 fully saturated rings. The molecular weight excluding hydrogens is 362 g/mol. The number of carbonyl (C=O) groups excluding carboxylic acids is 1. The molecule has 4 rings (SSSR count). The van der Waals surface area contributed by atoms with Crippen LogP contribution in [0.4, 0.5) is 0 Å². The number of carbonyl (C=O) groups is 2. The molecule has 1 aliphatic rings. The van der Waals surface area contributed by atoms with Crippen molar-refractivity contribution in [2.45, 2.75) is 32.5 Å². The van der Waals surface area contributed by atoms with Crippen LogP contribution in [0.15, 0.2) is 30.3 Å². The lowest BCUT2D eigenvalue weighted by molar-refractivity contribution is -0.138. The van der Waals surface area contributed by atoms with E-state index in [0.29, 0.717) is 31.9 Å². The monoisotopic (exact) mass is 383 g/mol. The lowest BCUT2D eigenvalue weighted by atomic mass is 10.2. The quantitative estimate of drug-likeness (QED) is 0.636. The highest BCUT2D eigenvalue weighted by molar-refractivity contribution is 5.77. The number of nitrogens with one attached hydrogen (secondary N) is 1. The molecule has 0 aliphatic carbocycles. The van der Waals surface area contributed by atoms with Gasteiger partial charge in [0.05, 0.1) is 41.9 Å². The third kappa shape index (κ3) is 4.04. The molecule has 1 amide bonds. The second-order valence-electron chi connectivity index (χ2n) is 6.75. The average molecular weight is 383 g/mol. The fraction of sp³-hybridized carbons (Fsp3) is 0.368. The highest BCUT2D eigenvalue weighted by Crippen LogP contribution is 2.15. The van der Waals surface area contributed by atoms with Gasteiger partial charge in [-0.1, -0.05) is 12.1 Å². The smallest absolute Gasteiger partial charge is 0.303 e. The molecule has 1 aliphatic heterocycles. The number of aromatic nitrogens is 4. The van der Waals surface area contributed by atoms with Gasteiger partial charge in [0.1, 0.15) is 19.0 Å². The molecule has 2 N–H and O–H groups in total. The van der Waals surface area contributed by atoms with E-state index in [9.17, 15) is 9.59 Å². The predicted molar refractivity (Wildman–Crippen MR) is 99.4 cm³/mol. The summed E-state index contributed by atoms with van der Waals surface area (Å²) < 4.78 is 7.39. The van der Waals surface area contributed by atoms with Crippen LogP contribution in [-0.4, -0.2) is 54.8 Å². The van der Waals surface area contributed by atoms with Gasteiger partial charge in [0, 0.05) is 13.0 Å². The zero-order chi connectivity index (χ0) is 19.5. The lowest BCUT2D eigenvalue weighted by Crippen LogP contribution is -2.40. The number of aromatic amines is 1. The van der Waals surface area contributed by atoms with Crippen LogP contribution in [0, 0.1) is 0 Å². The summed E-state index contributed by atoms with van der Waals surface area (Å²) in [6.07, 6.45) is 0.443. The molecule has 3 aromatic rings. The van der Waals surface area contributed by atoms with Gasteiger partial charge in [-0.15, -0.1) is 0 Å². The maximum atomic E-state index is 12.5. The molecule has 0 unspecified atom stereocenters. The third-order valence-corrected chi connectivity index (χ3v) is 4.70. The number of amides is 1. The standard InChI is InChI=1S/C19H21N5O4/c25-18(12-28-11-17-20-15-3-1-2-4-16(15)21-17)23-7-8-24-14(10-23)9-13(22-24)5-6-19(26)27/h1-4,9H,5-8,10-12H2,(H,20,21)(H,26,27). The van der Waals surface area contributed by atoms with Gasteiger partial charge < -0.3 is 19.7 Å². The Kier molecular flexibility index (Phi) is 5.07. The molecule has 1 aromatic carbocycles. The molecule has 0 atom stereocenters. The van der Waals surface area contributed by atoms with Gasteiger partial charge in [-0.25, -0.2) is 4.98 Å². The Morgan fingerprint density at radius 1 is 1.25 bits per heavy atom. The Labute approximate surface area is 160 Å². The number of imidazole rings is 1. The molecule has 0 bridgehead atoms. The number of para-hydroxylation sites is 2. The SMILES string of the molecule is O=C(O)CCc1cc2n(n1)CCN(C(=O)COCc1nc3ccccc3[nH]1)C2. The number of carboxylic acids is 1. The minimum atomic E-state index is -0.843. The van der Waals surface area contributed by atoms with E-state index >= 15 is 0 Å². The number of carboxylic acid groups (broad SMARTS) is 1. The number of benzene rings is 1. The summed E-state index contributed by atoms with van der Waals surface area (Å²) in [7, 11) is 0. The normalized spacial score (nSPS) is 13.6. The first-order valence-corrected chi connectivity index (χ1v) is 9.15.